The molecular weight excluding hydrogens is 265 g/mol. The van der Waals surface area contributed by atoms with Gasteiger partial charge in [-0.25, -0.2) is 4.39 Å². The number of halogens is 2. The summed E-state index contributed by atoms with van der Waals surface area (Å²) in [6.45, 7) is 2.12. The second-order valence-corrected chi connectivity index (χ2v) is 5.62. The van der Waals surface area contributed by atoms with Crippen molar-refractivity contribution in [1.82, 2.24) is 5.32 Å². The Morgan fingerprint density at radius 1 is 1.47 bits per heavy atom. The van der Waals surface area contributed by atoms with Crippen molar-refractivity contribution in [3.63, 3.8) is 0 Å². The number of carbonyl (C=O) groups is 1. The van der Waals surface area contributed by atoms with E-state index < -0.39 is 5.82 Å². The number of hydrogen-bond acceptors (Lipinski definition) is 2. The first-order valence-corrected chi connectivity index (χ1v) is 7.19. The first-order chi connectivity index (χ1) is 9.15. The number of hydrogen-bond donors (Lipinski definition) is 1. The van der Waals surface area contributed by atoms with E-state index in [0.717, 1.165) is 25.1 Å². The van der Waals surface area contributed by atoms with Crippen molar-refractivity contribution in [2.75, 3.05) is 13.1 Å². The molecule has 1 aliphatic rings. The lowest BCUT2D eigenvalue weighted by molar-refractivity contribution is -0.118. The highest BCUT2D eigenvalue weighted by molar-refractivity contribution is 6.30. The van der Waals surface area contributed by atoms with E-state index in [9.17, 15) is 9.18 Å². The second-order valence-electron chi connectivity index (χ2n) is 5.21. The van der Waals surface area contributed by atoms with E-state index in [1.807, 2.05) is 0 Å². The molecular formula is C15H19ClFNO. The van der Waals surface area contributed by atoms with Crippen molar-refractivity contribution < 1.29 is 9.18 Å². The molecule has 2 rings (SSSR count). The van der Waals surface area contributed by atoms with Gasteiger partial charge < -0.3 is 5.32 Å². The third-order valence-electron chi connectivity index (χ3n) is 3.62. The van der Waals surface area contributed by atoms with Gasteiger partial charge in [-0.1, -0.05) is 17.7 Å². The Balaban J connectivity index is 1.78. The highest BCUT2D eigenvalue weighted by Crippen LogP contribution is 2.19. The maximum atomic E-state index is 13.0. The molecule has 0 bridgehead atoms. The molecule has 104 valence electrons. The zero-order valence-electron chi connectivity index (χ0n) is 10.9. The van der Waals surface area contributed by atoms with Crippen molar-refractivity contribution in [3.8, 4) is 0 Å². The molecule has 0 spiro atoms. The van der Waals surface area contributed by atoms with Gasteiger partial charge in [-0.05, 0) is 56.0 Å². The molecule has 1 N–H and O–H groups in total. The van der Waals surface area contributed by atoms with Crippen molar-refractivity contribution in [3.05, 3.63) is 34.6 Å². The van der Waals surface area contributed by atoms with Gasteiger partial charge in [-0.3, -0.25) is 4.79 Å². The van der Waals surface area contributed by atoms with Crippen LogP contribution in [0.25, 0.3) is 0 Å². The molecule has 0 aromatic heterocycles. The summed E-state index contributed by atoms with van der Waals surface area (Å²) in [7, 11) is 0. The number of ketones is 1. The summed E-state index contributed by atoms with van der Waals surface area (Å²) >= 11 is 5.70. The number of Topliss-reactive ketones (excluding diaryl/α,β-unsaturated/α-hetero) is 1. The Morgan fingerprint density at radius 3 is 3.00 bits per heavy atom. The lowest BCUT2D eigenvalue weighted by Crippen LogP contribution is -2.30. The van der Waals surface area contributed by atoms with Gasteiger partial charge in [0.1, 0.15) is 11.6 Å². The standard InChI is InChI=1S/C15H19ClFNO/c16-14-9-12(4-6-15(14)17)8-13(19)5-3-11-2-1-7-18-10-11/h4,6,9,11,18H,1-3,5,7-8,10H2. The number of benzene rings is 1. The van der Waals surface area contributed by atoms with E-state index in [4.69, 9.17) is 11.6 Å². The SMILES string of the molecule is O=C(CCC1CCCNC1)Cc1ccc(F)c(Cl)c1. The number of carbonyl (C=O) groups excluding carboxylic acids is 1. The molecule has 1 aromatic rings. The van der Waals surface area contributed by atoms with E-state index >= 15 is 0 Å². The number of rotatable bonds is 5. The summed E-state index contributed by atoms with van der Waals surface area (Å²) in [6, 6.07) is 4.48. The first kappa shape index (κ1) is 14.5. The van der Waals surface area contributed by atoms with Crippen molar-refractivity contribution in [2.45, 2.75) is 32.1 Å². The van der Waals surface area contributed by atoms with Crippen LogP contribution in [0.4, 0.5) is 4.39 Å². The third kappa shape index (κ3) is 4.59. The zero-order valence-corrected chi connectivity index (χ0v) is 11.7. The minimum atomic E-state index is -0.439. The largest absolute Gasteiger partial charge is 0.316 e. The van der Waals surface area contributed by atoms with E-state index in [1.165, 1.54) is 25.0 Å². The predicted octanol–water partition coefficient (Wildman–Crippen LogP) is 3.37. The fourth-order valence-corrected chi connectivity index (χ4v) is 2.70. The first-order valence-electron chi connectivity index (χ1n) is 6.81. The van der Waals surface area contributed by atoms with Crippen LogP contribution in [0.5, 0.6) is 0 Å². The van der Waals surface area contributed by atoms with Crippen molar-refractivity contribution >= 4 is 17.4 Å². The van der Waals surface area contributed by atoms with Crippen molar-refractivity contribution in [1.29, 1.82) is 0 Å². The summed E-state index contributed by atoms with van der Waals surface area (Å²) < 4.78 is 13.0. The molecule has 4 heteroatoms. The highest BCUT2D eigenvalue weighted by atomic mass is 35.5. The number of nitrogens with one attached hydrogen (secondary N) is 1. The third-order valence-corrected chi connectivity index (χ3v) is 3.91. The van der Waals surface area contributed by atoms with Gasteiger partial charge in [-0.15, -0.1) is 0 Å². The van der Waals surface area contributed by atoms with E-state index in [2.05, 4.69) is 5.32 Å². The molecule has 0 aliphatic carbocycles. The van der Waals surface area contributed by atoms with Gasteiger partial charge in [0.25, 0.3) is 0 Å². The number of piperidine rings is 1. The molecule has 1 heterocycles. The Labute approximate surface area is 118 Å². The van der Waals surface area contributed by atoms with E-state index in [1.54, 1.807) is 6.07 Å². The van der Waals surface area contributed by atoms with Crippen LogP contribution in [0.3, 0.4) is 0 Å². The molecule has 1 aliphatic heterocycles. The second kappa shape index (κ2) is 7.01. The fourth-order valence-electron chi connectivity index (χ4n) is 2.50. The highest BCUT2D eigenvalue weighted by Gasteiger charge is 2.14. The lowest BCUT2D eigenvalue weighted by Gasteiger charge is -2.22. The monoisotopic (exact) mass is 283 g/mol. The fraction of sp³-hybridized carbons (Fsp3) is 0.533. The van der Waals surface area contributed by atoms with Crippen LogP contribution in [-0.2, 0) is 11.2 Å². The van der Waals surface area contributed by atoms with Gasteiger partial charge >= 0.3 is 0 Å². The molecule has 1 fully saturated rings. The predicted molar refractivity (Wildman–Crippen MR) is 74.9 cm³/mol. The average Bonchev–Trinajstić information content (AvgIpc) is 2.42. The molecule has 0 amide bonds. The normalized spacial score (nSPS) is 19.4. The summed E-state index contributed by atoms with van der Waals surface area (Å²) in [4.78, 5) is 11.9. The minimum Gasteiger partial charge on any atom is -0.316 e. The van der Waals surface area contributed by atoms with Gasteiger partial charge in [0.05, 0.1) is 5.02 Å². The van der Waals surface area contributed by atoms with Crippen LogP contribution in [0.1, 0.15) is 31.2 Å². The Kier molecular flexibility index (Phi) is 5.34. The minimum absolute atomic E-state index is 0.0850. The van der Waals surface area contributed by atoms with Crippen LogP contribution in [0, 0.1) is 11.7 Å². The molecule has 1 aromatic carbocycles. The Bertz CT molecular complexity index is 444. The smallest absolute Gasteiger partial charge is 0.141 e. The van der Waals surface area contributed by atoms with Crippen LogP contribution in [-0.4, -0.2) is 18.9 Å². The molecule has 1 saturated heterocycles. The zero-order chi connectivity index (χ0) is 13.7. The van der Waals surface area contributed by atoms with Gasteiger partial charge in [0, 0.05) is 12.8 Å². The van der Waals surface area contributed by atoms with Gasteiger partial charge in [0.15, 0.2) is 0 Å². The van der Waals surface area contributed by atoms with Crippen LogP contribution in [0.15, 0.2) is 18.2 Å². The van der Waals surface area contributed by atoms with E-state index in [-0.39, 0.29) is 10.8 Å². The van der Waals surface area contributed by atoms with Crippen molar-refractivity contribution in [2.24, 2.45) is 5.92 Å². The van der Waals surface area contributed by atoms with Gasteiger partial charge in [0.2, 0.25) is 0 Å². The molecule has 1 atom stereocenters. The molecule has 2 nitrogen and oxygen atoms in total. The molecule has 0 radical (unpaired) electrons. The van der Waals surface area contributed by atoms with Gasteiger partial charge in [-0.2, -0.15) is 0 Å². The maximum absolute atomic E-state index is 13.0. The maximum Gasteiger partial charge on any atom is 0.141 e. The van der Waals surface area contributed by atoms with Crippen LogP contribution in [0.2, 0.25) is 5.02 Å². The Morgan fingerprint density at radius 2 is 2.32 bits per heavy atom. The molecule has 0 saturated carbocycles. The summed E-state index contributed by atoms with van der Waals surface area (Å²) in [5, 5.41) is 3.44. The lowest BCUT2D eigenvalue weighted by atomic mass is 9.92. The van der Waals surface area contributed by atoms with E-state index in [0.29, 0.717) is 18.8 Å². The molecule has 19 heavy (non-hydrogen) atoms. The van der Waals surface area contributed by atoms with Crippen LogP contribution >= 0.6 is 11.6 Å². The quantitative estimate of drug-likeness (QED) is 0.898. The summed E-state index contributed by atoms with van der Waals surface area (Å²) in [6.07, 6.45) is 4.30. The Hall–Kier alpha value is -0.930. The average molecular weight is 284 g/mol. The van der Waals surface area contributed by atoms with Crippen LogP contribution < -0.4 is 5.32 Å². The topological polar surface area (TPSA) is 29.1 Å². The molecule has 1 unspecified atom stereocenters. The summed E-state index contributed by atoms with van der Waals surface area (Å²) in [5.41, 5.74) is 0.790. The summed E-state index contributed by atoms with van der Waals surface area (Å²) in [5.74, 6) is 0.383.